The molecule has 0 bridgehead atoms. The van der Waals surface area contributed by atoms with E-state index in [0.29, 0.717) is 31.0 Å². The van der Waals surface area contributed by atoms with Crippen LogP contribution < -0.4 is 10.6 Å². The smallest absolute Gasteiger partial charge is 0.216 e. The number of nitrogens with one attached hydrogen (secondary N) is 2. The van der Waals surface area contributed by atoms with E-state index < -0.39 is 5.82 Å². The molecule has 7 nitrogen and oxygen atoms in total. The molecule has 152 valence electrons. The number of halogens is 2. The second-order valence-corrected chi connectivity index (χ2v) is 7.03. The number of amidine groups is 1. The van der Waals surface area contributed by atoms with Crippen molar-refractivity contribution in [2.75, 3.05) is 18.4 Å². The van der Waals surface area contributed by atoms with Gasteiger partial charge in [0.25, 0.3) is 0 Å². The summed E-state index contributed by atoms with van der Waals surface area (Å²) in [6.07, 6.45) is 3.18. The summed E-state index contributed by atoms with van der Waals surface area (Å²) in [5.74, 6) is 0.883. The Kier molecular flexibility index (Phi) is 6.77. The molecule has 0 radical (unpaired) electrons. The highest BCUT2D eigenvalue weighted by Crippen LogP contribution is 2.26. The van der Waals surface area contributed by atoms with Gasteiger partial charge in [0.15, 0.2) is 0 Å². The maximum atomic E-state index is 13.4. The predicted octanol–water partition coefficient (Wildman–Crippen LogP) is 3.19. The summed E-state index contributed by atoms with van der Waals surface area (Å²) in [6.45, 7) is 2.62. The zero-order valence-corrected chi connectivity index (χ0v) is 16.6. The number of anilines is 1. The lowest BCUT2D eigenvalue weighted by atomic mass is 9.98. The Balaban J connectivity index is 1.72. The van der Waals surface area contributed by atoms with Crippen molar-refractivity contribution in [3.63, 3.8) is 0 Å². The van der Waals surface area contributed by atoms with E-state index in [2.05, 4.69) is 25.8 Å². The molecule has 1 aromatic carbocycles. The van der Waals surface area contributed by atoms with Gasteiger partial charge in [0.2, 0.25) is 5.91 Å². The number of aliphatic imine (C=N–C) groups is 1. The molecule has 3 rings (SSSR count). The first-order chi connectivity index (χ1) is 14.0. The highest BCUT2D eigenvalue weighted by molar-refractivity contribution is 6.30. The molecule has 29 heavy (non-hydrogen) atoms. The zero-order valence-electron chi connectivity index (χ0n) is 15.9. The maximum Gasteiger partial charge on any atom is 0.216 e. The molecule has 0 fully saturated rings. The highest BCUT2D eigenvalue weighted by Gasteiger charge is 2.23. The molecule has 0 aliphatic carbocycles. The first-order valence-electron chi connectivity index (χ1n) is 9.16. The van der Waals surface area contributed by atoms with Crippen molar-refractivity contribution in [2.24, 2.45) is 10.1 Å². The minimum atomic E-state index is -0.494. The Morgan fingerprint density at radius 2 is 2.24 bits per heavy atom. The normalized spacial score (nSPS) is 14.6. The molecule has 2 aromatic rings. The summed E-state index contributed by atoms with van der Waals surface area (Å²) < 4.78 is 13.4. The van der Waals surface area contributed by atoms with E-state index in [1.54, 1.807) is 18.3 Å². The number of hydrogen-bond donors (Lipinski definition) is 3. The first kappa shape index (κ1) is 20.7. The van der Waals surface area contributed by atoms with Gasteiger partial charge in [-0.3, -0.25) is 9.79 Å². The van der Waals surface area contributed by atoms with Crippen LogP contribution in [0.15, 0.2) is 40.6 Å². The van der Waals surface area contributed by atoms with Crippen molar-refractivity contribution in [1.82, 2.24) is 10.3 Å². The minimum Gasteiger partial charge on any atom is -0.411 e. The van der Waals surface area contributed by atoms with Gasteiger partial charge < -0.3 is 15.8 Å². The van der Waals surface area contributed by atoms with Crippen molar-refractivity contribution in [3.8, 4) is 0 Å². The molecule has 0 atom stereocenters. The molecule has 1 aliphatic rings. The van der Waals surface area contributed by atoms with Gasteiger partial charge in [-0.05, 0) is 30.2 Å². The molecule has 3 N–H and O–H groups in total. The fourth-order valence-electron chi connectivity index (χ4n) is 3.08. The van der Waals surface area contributed by atoms with E-state index in [-0.39, 0.29) is 17.4 Å². The molecule has 1 aliphatic heterocycles. The Morgan fingerprint density at radius 1 is 1.41 bits per heavy atom. The van der Waals surface area contributed by atoms with Crippen LogP contribution in [0, 0.1) is 5.82 Å². The molecule has 9 heteroatoms. The van der Waals surface area contributed by atoms with Gasteiger partial charge in [-0.25, -0.2) is 9.37 Å². The number of nitrogens with zero attached hydrogens (tertiary/aromatic N) is 3. The molecule has 1 aromatic heterocycles. The van der Waals surface area contributed by atoms with E-state index in [9.17, 15) is 14.4 Å². The van der Waals surface area contributed by atoms with Crippen LogP contribution in [0.1, 0.15) is 30.0 Å². The standard InChI is InChI=1S/C20H21ClFN5O2/c1-12(28)23-6-2-7-24-19-11-15-14(5-8-25-20(15)26-19)18(27-29)10-13-3-4-17(22)16(21)9-13/h3-5,8-9,29H,2,6-7,10-11H2,1H3,(H,23,28)(H,24,25,26)/b27-18+. The summed E-state index contributed by atoms with van der Waals surface area (Å²) in [5, 5.41) is 19.0. The Labute approximate surface area is 172 Å². The number of fused-ring (bicyclic) bond motifs is 1. The molecule has 0 saturated carbocycles. The number of amides is 1. The summed E-state index contributed by atoms with van der Waals surface area (Å²) in [4.78, 5) is 19.7. The monoisotopic (exact) mass is 417 g/mol. The number of oxime groups is 1. The number of benzene rings is 1. The maximum absolute atomic E-state index is 13.4. The van der Waals surface area contributed by atoms with Gasteiger partial charge in [0.05, 0.1) is 10.7 Å². The predicted molar refractivity (Wildman–Crippen MR) is 111 cm³/mol. The van der Waals surface area contributed by atoms with Crippen LogP contribution in [-0.2, 0) is 17.6 Å². The van der Waals surface area contributed by atoms with E-state index in [1.165, 1.54) is 19.1 Å². The van der Waals surface area contributed by atoms with Crippen LogP contribution >= 0.6 is 11.6 Å². The van der Waals surface area contributed by atoms with Gasteiger partial charge in [0, 0.05) is 50.2 Å². The van der Waals surface area contributed by atoms with Crippen LogP contribution in [0.4, 0.5) is 10.2 Å². The minimum absolute atomic E-state index is 0.0232. The van der Waals surface area contributed by atoms with Crippen LogP contribution in [0.5, 0.6) is 0 Å². The number of aromatic nitrogens is 1. The number of carbonyl (C=O) groups is 1. The third-order valence-electron chi connectivity index (χ3n) is 4.46. The lowest BCUT2D eigenvalue weighted by Gasteiger charge is -2.09. The number of rotatable bonds is 7. The molecule has 0 spiro atoms. The molecule has 2 heterocycles. The van der Waals surface area contributed by atoms with Crippen molar-refractivity contribution in [2.45, 2.75) is 26.2 Å². The van der Waals surface area contributed by atoms with E-state index >= 15 is 0 Å². The molecule has 0 unspecified atom stereocenters. The van der Waals surface area contributed by atoms with Crippen LogP contribution in [0.2, 0.25) is 5.02 Å². The molecular weight excluding hydrogens is 397 g/mol. The average molecular weight is 418 g/mol. The Morgan fingerprint density at radius 3 is 2.97 bits per heavy atom. The van der Waals surface area contributed by atoms with E-state index in [0.717, 1.165) is 28.9 Å². The molecule has 1 amide bonds. The van der Waals surface area contributed by atoms with Gasteiger partial charge in [-0.15, -0.1) is 0 Å². The average Bonchev–Trinajstić information content (AvgIpc) is 3.11. The van der Waals surface area contributed by atoms with Crippen molar-refractivity contribution < 1.29 is 14.4 Å². The number of hydrogen-bond acceptors (Lipinski definition) is 5. The number of pyridine rings is 1. The van der Waals surface area contributed by atoms with Crippen molar-refractivity contribution >= 4 is 34.9 Å². The Bertz CT molecular complexity index is 977. The fraction of sp³-hybridized carbons (Fsp3) is 0.300. The first-order valence-corrected chi connectivity index (χ1v) is 9.53. The second-order valence-electron chi connectivity index (χ2n) is 6.62. The third kappa shape index (κ3) is 5.29. The summed E-state index contributed by atoms with van der Waals surface area (Å²) >= 11 is 5.85. The van der Waals surface area contributed by atoms with E-state index in [4.69, 9.17) is 11.6 Å². The SMILES string of the molecule is CC(=O)NCCCN=C1Cc2c(/C(Cc3ccc(F)c(Cl)c3)=N/O)ccnc2N1. The summed E-state index contributed by atoms with van der Waals surface area (Å²) in [5.41, 5.74) is 2.79. The van der Waals surface area contributed by atoms with E-state index in [1.807, 2.05) is 0 Å². The molecular formula is C20H21ClFN5O2. The lowest BCUT2D eigenvalue weighted by Crippen LogP contribution is -2.21. The topological polar surface area (TPSA) is 99.0 Å². The Hall–Kier alpha value is -3.00. The molecule has 0 saturated heterocycles. The number of carbonyl (C=O) groups excluding carboxylic acids is 1. The third-order valence-corrected chi connectivity index (χ3v) is 4.75. The fourth-order valence-corrected chi connectivity index (χ4v) is 3.28. The zero-order chi connectivity index (χ0) is 20.8. The summed E-state index contributed by atoms with van der Waals surface area (Å²) in [6, 6.07) is 6.19. The lowest BCUT2D eigenvalue weighted by molar-refractivity contribution is -0.118. The highest BCUT2D eigenvalue weighted by atomic mass is 35.5. The van der Waals surface area contributed by atoms with Crippen LogP contribution in [-0.4, -0.2) is 40.7 Å². The van der Waals surface area contributed by atoms with Crippen molar-refractivity contribution in [1.29, 1.82) is 0 Å². The second kappa shape index (κ2) is 9.47. The van der Waals surface area contributed by atoms with Crippen LogP contribution in [0.3, 0.4) is 0 Å². The quantitative estimate of drug-likeness (QED) is 0.279. The van der Waals surface area contributed by atoms with Crippen molar-refractivity contribution in [3.05, 3.63) is 58.0 Å². The van der Waals surface area contributed by atoms with Gasteiger partial charge >= 0.3 is 0 Å². The van der Waals surface area contributed by atoms with Gasteiger partial charge in [0.1, 0.15) is 17.5 Å². The summed E-state index contributed by atoms with van der Waals surface area (Å²) in [7, 11) is 0. The largest absolute Gasteiger partial charge is 0.411 e. The van der Waals surface area contributed by atoms with Crippen LogP contribution in [0.25, 0.3) is 0 Å². The van der Waals surface area contributed by atoms with Gasteiger partial charge in [-0.1, -0.05) is 22.8 Å². The van der Waals surface area contributed by atoms with Gasteiger partial charge in [-0.2, -0.15) is 0 Å².